The van der Waals surface area contributed by atoms with Crippen LogP contribution >= 0.6 is 11.6 Å². The predicted octanol–water partition coefficient (Wildman–Crippen LogP) is 3.91. The molecular weight excluding hydrogens is 367 g/mol. The molecule has 27 heavy (non-hydrogen) atoms. The fourth-order valence-electron chi connectivity index (χ4n) is 4.22. The van der Waals surface area contributed by atoms with Crippen LogP contribution in [0.15, 0.2) is 30.9 Å². The van der Waals surface area contributed by atoms with Gasteiger partial charge in [0.05, 0.1) is 5.02 Å². The maximum atomic E-state index is 13.5. The van der Waals surface area contributed by atoms with E-state index >= 15 is 0 Å². The van der Waals surface area contributed by atoms with E-state index in [1.807, 2.05) is 6.08 Å². The van der Waals surface area contributed by atoms with Crippen LogP contribution < -0.4 is 5.32 Å². The number of nitrogens with one attached hydrogen (secondary N) is 1. The topological polar surface area (TPSA) is 49.4 Å². The predicted molar refractivity (Wildman–Crippen MR) is 106 cm³/mol. The molecule has 4 nitrogen and oxygen atoms in total. The summed E-state index contributed by atoms with van der Waals surface area (Å²) in [6.07, 6.45) is 3.21. The van der Waals surface area contributed by atoms with E-state index in [9.17, 15) is 14.0 Å². The van der Waals surface area contributed by atoms with Gasteiger partial charge in [-0.15, -0.1) is 6.58 Å². The smallest absolute Gasteiger partial charge is 0.287 e. The number of carbonyl (C=O) groups excluding carboxylic acids is 2. The first kappa shape index (κ1) is 21.6. The SMILES string of the molecule is C=CCN1C(C)(C)CC(NC(=O)C(=O)Cc2ccc(Cl)c(F)c2)CC1(C)C. The number of likely N-dealkylation sites (tertiary alicyclic amines) is 1. The van der Waals surface area contributed by atoms with Gasteiger partial charge < -0.3 is 5.32 Å². The van der Waals surface area contributed by atoms with Gasteiger partial charge in [0.1, 0.15) is 5.82 Å². The fraction of sp³-hybridized carbons (Fsp3) is 0.524. The van der Waals surface area contributed by atoms with Crippen LogP contribution in [0.3, 0.4) is 0 Å². The highest BCUT2D eigenvalue weighted by molar-refractivity contribution is 6.36. The molecule has 1 amide bonds. The van der Waals surface area contributed by atoms with Gasteiger partial charge in [0.2, 0.25) is 5.78 Å². The van der Waals surface area contributed by atoms with Crippen LogP contribution in [0.5, 0.6) is 0 Å². The summed E-state index contributed by atoms with van der Waals surface area (Å²) in [6.45, 7) is 13.1. The molecule has 1 aliphatic heterocycles. The molecule has 6 heteroatoms. The Morgan fingerprint density at radius 3 is 2.41 bits per heavy atom. The number of carbonyl (C=O) groups is 2. The molecule has 1 heterocycles. The number of piperidine rings is 1. The number of benzene rings is 1. The number of ketones is 1. The molecule has 0 radical (unpaired) electrons. The zero-order valence-corrected chi connectivity index (χ0v) is 17.2. The van der Waals surface area contributed by atoms with Crippen molar-refractivity contribution < 1.29 is 14.0 Å². The van der Waals surface area contributed by atoms with Gasteiger partial charge in [-0.3, -0.25) is 14.5 Å². The summed E-state index contributed by atoms with van der Waals surface area (Å²) < 4.78 is 13.5. The summed E-state index contributed by atoms with van der Waals surface area (Å²) >= 11 is 5.65. The van der Waals surface area contributed by atoms with Gasteiger partial charge in [0.15, 0.2) is 0 Å². The highest BCUT2D eigenvalue weighted by Gasteiger charge is 2.45. The molecule has 0 spiro atoms. The molecule has 0 saturated carbocycles. The third kappa shape index (κ3) is 5.17. The Balaban J connectivity index is 2.03. The minimum absolute atomic E-state index is 0.00797. The molecule has 1 saturated heterocycles. The highest BCUT2D eigenvalue weighted by Crippen LogP contribution is 2.38. The second-order valence-corrected chi connectivity index (χ2v) is 8.86. The quantitative estimate of drug-likeness (QED) is 0.587. The Bertz CT molecular complexity index is 728. The second kappa shape index (κ2) is 8.11. The largest absolute Gasteiger partial charge is 0.347 e. The zero-order chi connectivity index (χ0) is 20.4. The number of nitrogens with zero attached hydrogens (tertiary/aromatic N) is 1. The summed E-state index contributed by atoms with van der Waals surface area (Å²) in [5, 5.41) is 2.87. The maximum Gasteiger partial charge on any atom is 0.287 e. The molecule has 0 aliphatic carbocycles. The summed E-state index contributed by atoms with van der Waals surface area (Å²) in [5.41, 5.74) is 0.144. The monoisotopic (exact) mass is 394 g/mol. The first-order valence-electron chi connectivity index (χ1n) is 9.12. The van der Waals surface area contributed by atoms with E-state index in [1.54, 1.807) is 6.07 Å². The first-order chi connectivity index (χ1) is 12.5. The van der Waals surface area contributed by atoms with Crippen molar-refractivity contribution in [2.75, 3.05) is 6.54 Å². The van der Waals surface area contributed by atoms with Crippen LogP contribution in [0.2, 0.25) is 5.02 Å². The lowest BCUT2D eigenvalue weighted by Gasteiger charge is -2.55. The summed E-state index contributed by atoms with van der Waals surface area (Å²) in [7, 11) is 0. The van der Waals surface area contributed by atoms with Crippen molar-refractivity contribution in [3.63, 3.8) is 0 Å². The number of hydrogen-bond acceptors (Lipinski definition) is 3. The zero-order valence-electron chi connectivity index (χ0n) is 16.4. The highest BCUT2D eigenvalue weighted by atomic mass is 35.5. The van der Waals surface area contributed by atoms with Crippen molar-refractivity contribution in [1.29, 1.82) is 0 Å². The van der Waals surface area contributed by atoms with E-state index in [1.165, 1.54) is 12.1 Å². The van der Waals surface area contributed by atoms with Crippen LogP contribution in [-0.2, 0) is 16.0 Å². The van der Waals surface area contributed by atoms with Crippen LogP contribution in [-0.4, -0.2) is 40.3 Å². The van der Waals surface area contributed by atoms with Crippen LogP contribution in [0.4, 0.5) is 4.39 Å². The standard InChI is InChI=1S/C21H28ClFN2O2/c1-6-9-25-20(2,3)12-15(13-21(25,4)5)24-19(27)18(26)11-14-7-8-16(22)17(23)10-14/h6-8,10,15H,1,9,11-13H2,2-5H3,(H,24,27). The minimum Gasteiger partial charge on any atom is -0.347 e. The van der Waals surface area contributed by atoms with Crippen molar-refractivity contribution in [3.05, 3.63) is 47.3 Å². The third-order valence-electron chi connectivity index (χ3n) is 5.20. The van der Waals surface area contributed by atoms with Gasteiger partial charge in [0.25, 0.3) is 5.91 Å². The number of halogens is 2. The lowest BCUT2D eigenvalue weighted by molar-refractivity contribution is -0.139. The molecule has 2 rings (SSSR count). The number of hydrogen-bond donors (Lipinski definition) is 1. The average Bonchev–Trinajstić information content (AvgIpc) is 2.53. The van der Waals surface area contributed by atoms with E-state index in [4.69, 9.17) is 11.6 Å². The van der Waals surface area contributed by atoms with Crippen molar-refractivity contribution in [1.82, 2.24) is 10.2 Å². The Morgan fingerprint density at radius 2 is 1.89 bits per heavy atom. The van der Waals surface area contributed by atoms with Gasteiger partial charge in [-0.2, -0.15) is 0 Å². The van der Waals surface area contributed by atoms with E-state index in [0.717, 1.165) is 19.4 Å². The average molecular weight is 395 g/mol. The molecule has 1 N–H and O–H groups in total. The molecule has 0 atom stereocenters. The number of amides is 1. The Hall–Kier alpha value is -1.72. The molecule has 1 aromatic rings. The molecular formula is C21H28ClFN2O2. The van der Waals surface area contributed by atoms with E-state index in [0.29, 0.717) is 5.56 Å². The first-order valence-corrected chi connectivity index (χ1v) is 9.50. The Morgan fingerprint density at radius 1 is 1.30 bits per heavy atom. The molecule has 0 bridgehead atoms. The molecule has 1 fully saturated rings. The third-order valence-corrected chi connectivity index (χ3v) is 5.51. The molecule has 1 aromatic carbocycles. The summed E-state index contributed by atoms with van der Waals surface area (Å²) in [4.78, 5) is 27.0. The fourth-order valence-corrected chi connectivity index (χ4v) is 4.34. The lowest BCUT2D eigenvalue weighted by Crippen LogP contribution is -2.64. The normalized spacial score (nSPS) is 19.5. The van der Waals surface area contributed by atoms with E-state index in [2.05, 4.69) is 44.5 Å². The Kier molecular flexibility index (Phi) is 6.48. The van der Waals surface area contributed by atoms with Gasteiger partial charge >= 0.3 is 0 Å². The van der Waals surface area contributed by atoms with Crippen molar-refractivity contribution >= 4 is 23.3 Å². The van der Waals surface area contributed by atoms with Crippen molar-refractivity contribution in [3.8, 4) is 0 Å². The van der Waals surface area contributed by atoms with Crippen LogP contribution in [0.25, 0.3) is 0 Å². The second-order valence-electron chi connectivity index (χ2n) is 8.45. The molecule has 0 aromatic heterocycles. The maximum absolute atomic E-state index is 13.5. The van der Waals surface area contributed by atoms with Crippen LogP contribution in [0, 0.1) is 5.82 Å². The van der Waals surface area contributed by atoms with Crippen molar-refractivity contribution in [2.24, 2.45) is 0 Å². The molecule has 0 unspecified atom stereocenters. The van der Waals surface area contributed by atoms with Gasteiger partial charge in [-0.1, -0.05) is 23.7 Å². The van der Waals surface area contributed by atoms with Gasteiger partial charge in [0, 0.05) is 30.1 Å². The van der Waals surface area contributed by atoms with E-state index in [-0.39, 0.29) is 28.6 Å². The lowest BCUT2D eigenvalue weighted by atomic mass is 9.77. The van der Waals surface area contributed by atoms with Crippen LogP contribution in [0.1, 0.15) is 46.1 Å². The molecule has 148 valence electrons. The number of rotatable bonds is 6. The summed E-state index contributed by atoms with van der Waals surface area (Å²) in [6, 6.07) is 4.02. The van der Waals surface area contributed by atoms with Gasteiger partial charge in [-0.25, -0.2) is 4.39 Å². The minimum atomic E-state index is -0.626. The molecule has 1 aliphatic rings. The summed E-state index contributed by atoms with van der Waals surface area (Å²) in [5.74, 6) is -1.81. The Labute approximate surface area is 165 Å². The van der Waals surface area contributed by atoms with E-state index < -0.39 is 17.5 Å². The number of Topliss-reactive ketones (excluding diaryl/α,β-unsaturated/α-hetero) is 1. The van der Waals surface area contributed by atoms with Gasteiger partial charge in [-0.05, 0) is 58.2 Å². The van der Waals surface area contributed by atoms with Crippen molar-refractivity contribution in [2.45, 2.75) is 64.1 Å².